The molecule has 0 bridgehead atoms. The van der Waals surface area contributed by atoms with Crippen LogP contribution in [0.25, 0.3) is 22.0 Å². The van der Waals surface area contributed by atoms with Crippen LogP contribution in [0.1, 0.15) is 11.3 Å². The molecule has 0 saturated heterocycles. The fourth-order valence-corrected chi connectivity index (χ4v) is 2.41. The van der Waals surface area contributed by atoms with Gasteiger partial charge in [-0.05, 0) is 42.7 Å². The Labute approximate surface area is 107 Å². The summed E-state index contributed by atoms with van der Waals surface area (Å²) in [5.41, 5.74) is 5.99. The van der Waals surface area contributed by atoms with Gasteiger partial charge in [-0.25, -0.2) is 0 Å². The molecule has 0 N–H and O–H groups in total. The van der Waals surface area contributed by atoms with Gasteiger partial charge in [-0.1, -0.05) is 42.5 Å². The van der Waals surface area contributed by atoms with Gasteiger partial charge in [-0.3, -0.25) is 4.98 Å². The van der Waals surface area contributed by atoms with Crippen LogP contribution in [0.3, 0.4) is 0 Å². The Morgan fingerprint density at radius 2 is 1.50 bits per heavy atom. The van der Waals surface area contributed by atoms with Crippen LogP contribution in [0.5, 0.6) is 0 Å². The number of para-hydroxylation sites is 1. The predicted octanol–water partition coefficient (Wildman–Crippen LogP) is 4.52. The van der Waals surface area contributed by atoms with Gasteiger partial charge in [0.15, 0.2) is 0 Å². The van der Waals surface area contributed by atoms with Gasteiger partial charge in [0.25, 0.3) is 0 Å². The van der Waals surface area contributed by atoms with Crippen LogP contribution in [0.2, 0.25) is 0 Å². The van der Waals surface area contributed by atoms with Crippen LogP contribution >= 0.6 is 0 Å². The highest BCUT2D eigenvalue weighted by molar-refractivity contribution is 5.95. The molecule has 1 nitrogen and oxygen atoms in total. The smallest absolute Gasteiger partial charge is 0.0711 e. The summed E-state index contributed by atoms with van der Waals surface area (Å²) in [7, 11) is 0. The normalized spacial score (nSPS) is 10.8. The first-order valence-corrected chi connectivity index (χ1v) is 6.18. The molecule has 2 aromatic carbocycles. The van der Waals surface area contributed by atoms with Crippen LogP contribution in [0, 0.1) is 13.8 Å². The Bertz CT molecular complexity index is 714. The van der Waals surface area contributed by atoms with Crippen molar-refractivity contribution in [3.05, 3.63) is 65.9 Å². The standard InChI is InChI=1S/C17H15N/c1-12-7-3-4-8-14(12)16-11-13(2)18-17-10-6-5-9-15(16)17/h3-11H,1-2H3. The molecule has 0 aliphatic carbocycles. The molecule has 1 aromatic heterocycles. The zero-order chi connectivity index (χ0) is 12.5. The average molecular weight is 233 g/mol. The molecule has 0 aliphatic rings. The number of hydrogen-bond donors (Lipinski definition) is 0. The van der Waals surface area contributed by atoms with Crippen molar-refractivity contribution in [3.8, 4) is 11.1 Å². The molecule has 0 spiro atoms. The van der Waals surface area contributed by atoms with Gasteiger partial charge in [0.05, 0.1) is 5.52 Å². The second-order valence-corrected chi connectivity index (χ2v) is 4.64. The molecule has 88 valence electrons. The van der Waals surface area contributed by atoms with E-state index in [1.165, 1.54) is 22.1 Å². The highest BCUT2D eigenvalue weighted by atomic mass is 14.7. The molecule has 0 fully saturated rings. The summed E-state index contributed by atoms with van der Waals surface area (Å²) in [5.74, 6) is 0. The third-order valence-corrected chi connectivity index (χ3v) is 3.28. The van der Waals surface area contributed by atoms with E-state index in [9.17, 15) is 0 Å². The van der Waals surface area contributed by atoms with E-state index in [-0.39, 0.29) is 0 Å². The number of aromatic nitrogens is 1. The number of pyridine rings is 1. The monoisotopic (exact) mass is 233 g/mol. The minimum absolute atomic E-state index is 1.06. The molecule has 0 atom stereocenters. The summed E-state index contributed by atoms with van der Waals surface area (Å²) in [6.45, 7) is 4.20. The van der Waals surface area contributed by atoms with E-state index in [0.717, 1.165) is 11.2 Å². The molecule has 1 heteroatoms. The lowest BCUT2D eigenvalue weighted by Crippen LogP contribution is -1.89. The lowest BCUT2D eigenvalue weighted by molar-refractivity contribution is 1.25. The van der Waals surface area contributed by atoms with E-state index in [1.54, 1.807) is 0 Å². The van der Waals surface area contributed by atoms with Crippen molar-refractivity contribution in [2.24, 2.45) is 0 Å². The van der Waals surface area contributed by atoms with Crippen molar-refractivity contribution >= 4 is 10.9 Å². The quantitative estimate of drug-likeness (QED) is 0.602. The van der Waals surface area contributed by atoms with E-state index in [0.29, 0.717) is 0 Å². The predicted molar refractivity (Wildman–Crippen MR) is 76.7 cm³/mol. The number of fused-ring (bicyclic) bond motifs is 1. The van der Waals surface area contributed by atoms with Crippen LogP contribution < -0.4 is 0 Å². The van der Waals surface area contributed by atoms with Crippen molar-refractivity contribution in [2.75, 3.05) is 0 Å². The zero-order valence-electron chi connectivity index (χ0n) is 10.6. The van der Waals surface area contributed by atoms with Gasteiger partial charge in [0.2, 0.25) is 0 Å². The molecule has 0 aliphatic heterocycles. The molecule has 0 unspecified atom stereocenters. The fraction of sp³-hybridized carbons (Fsp3) is 0.118. The molecular formula is C17H15N. The SMILES string of the molecule is Cc1cc(-c2ccccc2C)c2ccccc2n1. The van der Waals surface area contributed by atoms with E-state index >= 15 is 0 Å². The fourth-order valence-electron chi connectivity index (χ4n) is 2.41. The van der Waals surface area contributed by atoms with Gasteiger partial charge in [-0.15, -0.1) is 0 Å². The topological polar surface area (TPSA) is 12.9 Å². The third kappa shape index (κ3) is 1.78. The van der Waals surface area contributed by atoms with Crippen LogP contribution in [0.15, 0.2) is 54.6 Å². The summed E-state index contributed by atoms with van der Waals surface area (Å²) in [5, 5.41) is 1.22. The summed E-state index contributed by atoms with van der Waals surface area (Å²) in [4.78, 5) is 4.59. The van der Waals surface area contributed by atoms with Crippen LogP contribution in [0.4, 0.5) is 0 Å². The Balaban J connectivity index is 2.39. The summed E-state index contributed by atoms with van der Waals surface area (Å²) < 4.78 is 0. The highest BCUT2D eigenvalue weighted by Crippen LogP contribution is 2.30. The van der Waals surface area contributed by atoms with Gasteiger partial charge < -0.3 is 0 Å². The molecule has 18 heavy (non-hydrogen) atoms. The molecule has 3 rings (SSSR count). The molecule has 0 amide bonds. The van der Waals surface area contributed by atoms with E-state index in [4.69, 9.17) is 0 Å². The molecule has 0 saturated carbocycles. The summed E-state index contributed by atoms with van der Waals surface area (Å²) in [6.07, 6.45) is 0. The number of rotatable bonds is 1. The second-order valence-electron chi connectivity index (χ2n) is 4.64. The van der Waals surface area contributed by atoms with Crippen molar-refractivity contribution < 1.29 is 0 Å². The maximum absolute atomic E-state index is 4.59. The average Bonchev–Trinajstić information content (AvgIpc) is 2.38. The molecular weight excluding hydrogens is 218 g/mol. The Morgan fingerprint density at radius 1 is 0.778 bits per heavy atom. The lowest BCUT2D eigenvalue weighted by Gasteiger charge is -2.10. The number of aryl methyl sites for hydroxylation is 2. The van der Waals surface area contributed by atoms with Crippen molar-refractivity contribution in [2.45, 2.75) is 13.8 Å². The Kier molecular flexibility index (Phi) is 2.60. The van der Waals surface area contributed by atoms with Crippen molar-refractivity contribution in [3.63, 3.8) is 0 Å². The number of hydrogen-bond acceptors (Lipinski definition) is 1. The van der Waals surface area contributed by atoms with Crippen molar-refractivity contribution in [1.82, 2.24) is 4.98 Å². The maximum atomic E-state index is 4.59. The van der Waals surface area contributed by atoms with E-state index in [1.807, 2.05) is 13.0 Å². The van der Waals surface area contributed by atoms with E-state index in [2.05, 4.69) is 60.4 Å². The van der Waals surface area contributed by atoms with Gasteiger partial charge in [0.1, 0.15) is 0 Å². The van der Waals surface area contributed by atoms with Gasteiger partial charge in [-0.2, -0.15) is 0 Å². The minimum Gasteiger partial charge on any atom is -0.253 e. The maximum Gasteiger partial charge on any atom is 0.0711 e. The Hall–Kier alpha value is -2.15. The zero-order valence-corrected chi connectivity index (χ0v) is 10.6. The first kappa shape index (κ1) is 11.0. The number of benzene rings is 2. The Morgan fingerprint density at radius 3 is 2.33 bits per heavy atom. The van der Waals surface area contributed by atoms with Gasteiger partial charge >= 0.3 is 0 Å². The molecule has 3 aromatic rings. The second kappa shape index (κ2) is 4.26. The largest absolute Gasteiger partial charge is 0.253 e. The minimum atomic E-state index is 1.06. The lowest BCUT2D eigenvalue weighted by atomic mass is 9.97. The first-order chi connectivity index (χ1) is 8.75. The third-order valence-electron chi connectivity index (χ3n) is 3.28. The van der Waals surface area contributed by atoms with Crippen LogP contribution in [-0.4, -0.2) is 4.98 Å². The van der Waals surface area contributed by atoms with Gasteiger partial charge in [0, 0.05) is 11.1 Å². The van der Waals surface area contributed by atoms with E-state index < -0.39 is 0 Å². The molecule has 1 heterocycles. The highest BCUT2D eigenvalue weighted by Gasteiger charge is 2.07. The first-order valence-electron chi connectivity index (χ1n) is 6.18. The summed E-state index contributed by atoms with van der Waals surface area (Å²) in [6, 6.07) is 19.0. The number of nitrogens with zero attached hydrogens (tertiary/aromatic N) is 1. The summed E-state index contributed by atoms with van der Waals surface area (Å²) >= 11 is 0. The van der Waals surface area contributed by atoms with Crippen molar-refractivity contribution in [1.29, 1.82) is 0 Å². The molecule has 0 radical (unpaired) electrons. The van der Waals surface area contributed by atoms with Crippen LogP contribution in [-0.2, 0) is 0 Å².